The molecule has 1 unspecified atom stereocenters. The lowest BCUT2D eigenvalue weighted by atomic mass is 9.99. The number of benzene rings is 1. The third kappa shape index (κ3) is 3.44. The second-order valence-electron chi connectivity index (χ2n) is 4.86. The fraction of sp³-hybridized carbons (Fsp3) is 0.200. The third-order valence-electron chi connectivity index (χ3n) is 3.30. The van der Waals surface area contributed by atoms with E-state index in [1.807, 2.05) is 35.7 Å². The number of H-pyrrole nitrogens is 1. The van der Waals surface area contributed by atoms with E-state index in [1.54, 1.807) is 11.3 Å². The van der Waals surface area contributed by atoms with Gasteiger partial charge in [-0.3, -0.25) is 4.79 Å². The van der Waals surface area contributed by atoms with Gasteiger partial charge >= 0.3 is 5.97 Å². The second-order valence-corrected chi connectivity index (χ2v) is 7.08. The van der Waals surface area contributed by atoms with Crippen LogP contribution in [0.3, 0.4) is 0 Å². The minimum atomic E-state index is -0.779. The summed E-state index contributed by atoms with van der Waals surface area (Å²) in [6, 6.07) is 9.99. The van der Waals surface area contributed by atoms with Gasteiger partial charge in [-0.25, -0.2) is 4.98 Å². The quantitative estimate of drug-likeness (QED) is 0.622. The van der Waals surface area contributed by atoms with Crippen LogP contribution in [0.15, 0.2) is 35.7 Å². The number of nitrogens with one attached hydrogen (secondary N) is 1. The predicted molar refractivity (Wildman–Crippen MR) is 91.8 cm³/mol. The van der Waals surface area contributed by atoms with Gasteiger partial charge in [-0.15, -0.1) is 11.3 Å². The first-order chi connectivity index (χ1) is 10.1. The highest BCUT2D eigenvalue weighted by atomic mass is 127. The summed E-state index contributed by atoms with van der Waals surface area (Å²) in [6.07, 6.45) is 0.729. The molecule has 0 aliphatic carbocycles. The summed E-state index contributed by atoms with van der Waals surface area (Å²) < 4.78 is 1.15. The maximum Gasteiger partial charge on any atom is 0.304 e. The summed E-state index contributed by atoms with van der Waals surface area (Å²) in [6.45, 7) is 0. The summed E-state index contributed by atoms with van der Waals surface area (Å²) in [5, 5.41) is 11.1. The van der Waals surface area contributed by atoms with Gasteiger partial charge in [-0.2, -0.15) is 0 Å². The van der Waals surface area contributed by atoms with Crippen LogP contribution < -0.4 is 0 Å². The number of aromatic amines is 1. The monoisotopic (exact) mass is 412 g/mol. The number of thiophene rings is 1. The van der Waals surface area contributed by atoms with Gasteiger partial charge in [0.2, 0.25) is 0 Å². The van der Waals surface area contributed by atoms with E-state index in [9.17, 15) is 4.79 Å². The fourth-order valence-corrected chi connectivity index (χ4v) is 3.69. The minimum absolute atomic E-state index is 0.0397. The Bertz CT molecular complexity index is 767. The Kier molecular flexibility index (Phi) is 4.25. The van der Waals surface area contributed by atoms with Crippen LogP contribution in [0.5, 0.6) is 0 Å². The summed E-state index contributed by atoms with van der Waals surface area (Å²) >= 11 is 3.86. The van der Waals surface area contributed by atoms with Gasteiger partial charge in [0.25, 0.3) is 0 Å². The molecule has 4 nitrogen and oxygen atoms in total. The SMILES string of the molecule is O=C(O)CC(Cc1nc2ccc(I)cc2[nH]1)c1cccs1. The molecule has 2 aromatic heterocycles. The van der Waals surface area contributed by atoms with Crippen LogP contribution in [0.1, 0.15) is 23.0 Å². The molecule has 0 aliphatic heterocycles. The van der Waals surface area contributed by atoms with Crippen molar-refractivity contribution >= 4 is 50.9 Å². The molecule has 0 bridgehead atoms. The molecular weight excluding hydrogens is 399 g/mol. The molecule has 3 rings (SSSR count). The van der Waals surface area contributed by atoms with Crippen LogP contribution in [-0.2, 0) is 11.2 Å². The first kappa shape index (κ1) is 14.5. The smallest absolute Gasteiger partial charge is 0.304 e. The molecule has 6 heteroatoms. The largest absolute Gasteiger partial charge is 0.481 e. The van der Waals surface area contributed by atoms with Crippen molar-refractivity contribution in [3.63, 3.8) is 0 Å². The van der Waals surface area contributed by atoms with Gasteiger partial charge in [0, 0.05) is 20.8 Å². The standard InChI is InChI=1S/C15H13IN2O2S/c16-10-3-4-11-12(8-10)18-14(17-11)6-9(7-15(19)20)13-2-1-5-21-13/h1-5,8-9H,6-7H2,(H,17,18)(H,19,20). The zero-order valence-electron chi connectivity index (χ0n) is 11.0. The van der Waals surface area contributed by atoms with Crippen LogP contribution in [0.2, 0.25) is 0 Å². The van der Waals surface area contributed by atoms with Crippen molar-refractivity contribution in [3.8, 4) is 0 Å². The molecule has 0 aliphatic rings. The molecule has 0 fully saturated rings. The number of hydrogen-bond acceptors (Lipinski definition) is 3. The van der Waals surface area contributed by atoms with Crippen LogP contribution in [0, 0.1) is 3.57 Å². The number of carboxylic acids is 1. The highest BCUT2D eigenvalue weighted by Gasteiger charge is 2.19. The molecule has 21 heavy (non-hydrogen) atoms. The average Bonchev–Trinajstić information content (AvgIpc) is 3.05. The first-order valence-electron chi connectivity index (χ1n) is 6.51. The first-order valence-corrected chi connectivity index (χ1v) is 8.47. The molecule has 0 spiro atoms. The van der Waals surface area contributed by atoms with Gasteiger partial charge < -0.3 is 10.1 Å². The number of nitrogens with zero attached hydrogens (tertiary/aromatic N) is 1. The van der Waals surface area contributed by atoms with E-state index in [2.05, 4.69) is 32.6 Å². The van der Waals surface area contributed by atoms with Crippen molar-refractivity contribution in [3.05, 3.63) is 50.0 Å². The van der Waals surface area contributed by atoms with Gasteiger partial charge in [0.1, 0.15) is 5.82 Å². The van der Waals surface area contributed by atoms with E-state index in [4.69, 9.17) is 5.11 Å². The Morgan fingerprint density at radius 2 is 2.29 bits per heavy atom. The summed E-state index contributed by atoms with van der Waals surface area (Å²) in [5.41, 5.74) is 1.92. The fourth-order valence-electron chi connectivity index (χ4n) is 2.37. The highest BCUT2D eigenvalue weighted by Crippen LogP contribution is 2.28. The molecule has 3 aromatic rings. The van der Waals surface area contributed by atoms with E-state index >= 15 is 0 Å². The molecule has 0 radical (unpaired) electrons. The van der Waals surface area contributed by atoms with Crippen LogP contribution in [-0.4, -0.2) is 21.0 Å². The van der Waals surface area contributed by atoms with Gasteiger partial charge in [-0.05, 0) is 52.2 Å². The van der Waals surface area contributed by atoms with Crippen molar-refractivity contribution in [1.82, 2.24) is 9.97 Å². The lowest BCUT2D eigenvalue weighted by Crippen LogP contribution is -2.08. The number of aromatic nitrogens is 2. The molecular formula is C15H13IN2O2S. The number of halogens is 1. The molecule has 2 heterocycles. The number of rotatable bonds is 5. The second kappa shape index (κ2) is 6.15. The Labute approximate surface area is 139 Å². The highest BCUT2D eigenvalue weighted by molar-refractivity contribution is 14.1. The van der Waals surface area contributed by atoms with Crippen molar-refractivity contribution in [2.75, 3.05) is 0 Å². The third-order valence-corrected chi connectivity index (χ3v) is 5.01. The minimum Gasteiger partial charge on any atom is -0.481 e. The van der Waals surface area contributed by atoms with Gasteiger partial charge in [0.05, 0.1) is 17.5 Å². The maximum atomic E-state index is 11.1. The molecule has 1 atom stereocenters. The van der Waals surface area contributed by atoms with E-state index in [0.717, 1.165) is 25.3 Å². The van der Waals surface area contributed by atoms with E-state index in [0.29, 0.717) is 6.42 Å². The lowest BCUT2D eigenvalue weighted by Gasteiger charge is -2.11. The Morgan fingerprint density at radius 3 is 3.00 bits per heavy atom. The summed E-state index contributed by atoms with van der Waals surface area (Å²) in [4.78, 5) is 20.0. The molecule has 108 valence electrons. The van der Waals surface area contributed by atoms with Gasteiger partial charge in [0.15, 0.2) is 0 Å². The number of carboxylic acid groups (broad SMARTS) is 1. The Morgan fingerprint density at radius 1 is 1.43 bits per heavy atom. The summed E-state index contributed by atoms with van der Waals surface area (Å²) in [5.74, 6) is 0.0212. The van der Waals surface area contributed by atoms with E-state index in [-0.39, 0.29) is 12.3 Å². The van der Waals surface area contributed by atoms with Crippen molar-refractivity contribution in [1.29, 1.82) is 0 Å². The molecule has 0 saturated heterocycles. The number of aliphatic carboxylic acids is 1. The predicted octanol–water partition coefficient (Wildman–Crippen LogP) is 4.03. The molecule has 0 amide bonds. The maximum absolute atomic E-state index is 11.1. The molecule has 1 aromatic carbocycles. The van der Waals surface area contributed by atoms with Crippen LogP contribution in [0.4, 0.5) is 0 Å². The number of hydrogen-bond donors (Lipinski definition) is 2. The van der Waals surface area contributed by atoms with Gasteiger partial charge in [-0.1, -0.05) is 6.07 Å². The molecule has 0 saturated carbocycles. The summed E-state index contributed by atoms with van der Waals surface area (Å²) in [7, 11) is 0. The lowest BCUT2D eigenvalue weighted by molar-refractivity contribution is -0.137. The molecule has 2 N–H and O–H groups in total. The number of carbonyl (C=O) groups is 1. The van der Waals surface area contributed by atoms with Crippen LogP contribution in [0.25, 0.3) is 11.0 Å². The Balaban J connectivity index is 1.88. The topological polar surface area (TPSA) is 66.0 Å². The average molecular weight is 412 g/mol. The number of imidazole rings is 1. The van der Waals surface area contributed by atoms with Crippen LogP contribution >= 0.6 is 33.9 Å². The zero-order valence-corrected chi connectivity index (χ0v) is 14.0. The zero-order chi connectivity index (χ0) is 14.8. The van der Waals surface area contributed by atoms with Crippen molar-refractivity contribution < 1.29 is 9.90 Å². The van der Waals surface area contributed by atoms with Crippen molar-refractivity contribution in [2.45, 2.75) is 18.8 Å². The normalized spacial score (nSPS) is 12.6. The number of fused-ring (bicyclic) bond motifs is 1. The van der Waals surface area contributed by atoms with E-state index in [1.165, 1.54) is 0 Å². The van der Waals surface area contributed by atoms with E-state index < -0.39 is 5.97 Å². The Hall–Kier alpha value is -1.41. The van der Waals surface area contributed by atoms with Crippen molar-refractivity contribution in [2.24, 2.45) is 0 Å².